The van der Waals surface area contributed by atoms with Crippen LogP contribution in [0.5, 0.6) is 0 Å². The third-order valence-electron chi connectivity index (χ3n) is 8.04. The Kier molecular flexibility index (Phi) is 34.2. The van der Waals surface area contributed by atoms with Gasteiger partial charge in [-0.1, -0.05) is 120 Å². The number of hydrogen-bond donors (Lipinski definition) is 4. The summed E-state index contributed by atoms with van der Waals surface area (Å²) in [5.41, 5.74) is 0. The lowest BCUT2D eigenvalue weighted by Crippen LogP contribution is -2.43. The van der Waals surface area contributed by atoms with Crippen molar-refractivity contribution < 1.29 is 47.8 Å². The average molecular weight is 768 g/mol. The normalized spacial score (nSPS) is 14.5. The van der Waals surface area contributed by atoms with E-state index in [1.54, 1.807) is 0 Å². The molecule has 304 valence electrons. The van der Waals surface area contributed by atoms with Crippen LogP contribution in [0.2, 0.25) is 0 Å². The second kappa shape index (κ2) is 36.2. The Bertz CT molecular complexity index is 1130. The summed E-state index contributed by atoms with van der Waals surface area (Å²) < 4.78 is 26.7. The maximum absolute atomic E-state index is 12.3. The van der Waals surface area contributed by atoms with Crippen molar-refractivity contribution in [3.63, 3.8) is 0 Å². The number of aliphatic hydroxyl groups excluding tert-OH is 1. The number of carboxylic acid groups (broad SMARTS) is 1. The van der Waals surface area contributed by atoms with Crippen LogP contribution >= 0.6 is 7.82 Å². The summed E-state index contributed by atoms with van der Waals surface area (Å²) in [5, 5.41) is 21.7. The summed E-state index contributed by atoms with van der Waals surface area (Å²) in [5.74, 6) is -2.44. The van der Waals surface area contributed by atoms with Crippen LogP contribution in [0.1, 0.15) is 149 Å². The number of carbonyl (C=O) groups is 3. The quantitative estimate of drug-likeness (QED) is 0.0208. The Hall–Kier alpha value is -2.82. The number of carbonyl (C=O) groups excluding carboxylic acids is 2. The van der Waals surface area contributed by atoms with Crippen LogP contribution in [-0.4, -0.2) is 64.9 Å². The number of esters is 1. The first-order valence-electron chi connectivity index (χ1n) is 19.8. The summed E-state index contributed by atoms with van der Waals surface area (Å²) in [6, 6.07) is -1.56. The summed E-state index contributed by atoms with van der Waals surface area (Å²) in [6.45, 7) is 2.39. The van der Waals surface area contributed by atoms with Crippen LogP contribution in [0.25, 0.3) is 0 Å². The van der Waals surface area contributed by atoms with Gasteiger partial charge in [0.15, 0.2) is 6.04 Å². The maximum Gasteiger partial charge on any atom is 0.472 e. The van der Waals surface area contributed by atoms with Crippen molar-refractivity contribution in [3.8, 4) is 0 Å². The molecule has 0 bridgehead atoms. The first-order valence-corrected chi connectivity index (χ1v) is 21.3. The molecule has 11 nitrogen and oxygen atoms in total. The van der Waals surface area contributed by atoms with Crippen molar-refractivity contribution in [2.75, 3.05) is 19.8 Å². The zero-order chi connectivity index (χ0) is 39.3. The van der Waals surface area contributed by atoms with Crippen LogP contribution in [-0.2, 0) is 32.7 Å². The van der Waals surface area contributed by atoms with E-state index in [-0.39, 0.29) is 12.8 Å². The monoisotopic (exact) mass is 767 g/mol. The standard InChI is InChI=1S/C41H70NO10P/c1-3-5-7-9-11-13-15-17-19-21-23-25-27-29-31-33-40(45)50-34-37(43)35-51-53(48,49)52-36-38(41(46)47)42-39(44)32-30-28-26-24-22-20-18-16-14-12-10-8-6-4-2/h5,7,11,13,16-19,23,25,37-38,43H,3-4,6,8-10,12,14-15,20-22,24,26-36H2,1-2H3,(H,42,44)(H,46,47)(H,48,49)/b7-5-,13-11-,18-16-,19-17-,25-23-. The molecule has 0 aromatic rings. The lowest BCUT2D eigenvalue weighted by atomic mass is 10.1. The SMILES string of the molecule is CC/C=C\C/C=C\C/C=C\C/C=C\CCCCC(=O)OCC(O)COP(=O)(O)OCC(NC(=O)CCCCCCC/C=C\CCCCCCC)C(=O)O. The van der Waals surface area contributed by atoms with Crippen molar-refractivity contribution in [3.05, 3.63) is 60.8 Å². The van der Waals surface area contributed by atoms with Crippen molar-refractivity contribution in [1.29, 1.82) is 0 Å². The molecule has 0 rings (SSSR count). The molecule has 0 saturated heterocycles. The number of amides is 1. The van der Waals surface area contributed by atoms with Crippen molar-refractivity contribution >= 4 is 25.7 Å². The second-order valence-corrected chi connectivity index (χ2v) is 14.5. The van der Waals surface area contributed by atoms with Crippen LogP contribution in [0.3, 0.4) is 0 Å². The van der Waals surface area contributed by atoms with Crippen LogP contribution in [0.4, 0.5) is 0 Å². The number of aliphatic carboxylic acids is 1. The average Bonchev–Trinajstić information content (AvgIpc) is 3.13. The lowest BCUT2D eigenvalue weighted by Gasteiger charge is -2.18. The van der Waals surface area contributed by atoms with Crippen LogP contribution < -0.4 is 5.32 Å². The van der Waals surface area contributed by atoms with Crippen LogP contribution in [0, 0.1) is 0 Å². The van der Waals surface area contributed by atoms with Gasteiger partial charge in [-0.15, -0.1) is 0 Å². The minimum absolute atomic E-state index is 0.130. The Balaban J connectivity index is 4.03. The van der Waals surface area contributed by atoms with Crippen molar-refractivity contribution in [2.24, 2.45) is 0 Å². The van der Waals surface area contributed by atoms with Crippen molar-refractivity contribution in [2.45, 2.75) is 161 Å². The third-order valence-corrected chi connectivity index (χ3v) is 8.99. The molecule has 0 aliphatic rings. The predicted molar refractivity (Wildman–Crippen MR) is 212 cm³/mol. The Morgan fingerprint density at radius 3 is 1.68 bits per heavy atom. The van der Waals surface area contributed by atoms with Gasteiger partial charge in [-0.2, -0.15) is 0 Å². The van der Waals surface area contributed by atoms with Gasteiger partial charge in [-0.3, -0.25) is 18.6 Å². The van der Waals surface area contributed by atoms with Crippen molar-refractivity contribution in [1.82, 2.24) is 5.32 Å². The lowest BCUT2D eigenvalue weighted by molar-refractivity contribution is -0.147. The zero-order valence-corrected chi connectivity index (χ0v) is 33.4. The van der Waals surface area contributed by atoms with E-state index < -0.39 is 57.6 Å². The number of rotatable bonds is 36. The van der Waals surface area contributed by atoms with Gasteiger partial charge < -0.3 is 25.2 Å². The molecule has 12 heteroatoms. The summed E-state index contributed by atoms with van der Waals surface area (Å²) in [6.07, 6.45) is 39.7. The number of carboxylic acids is 1. The highest BCUT2D eigenvalue weighted by atomic mass is 31.2. The Labute approximate surface area is 319 Å². The predicted octanol–water partition coefficient (Wildman–Crippen LogP) is 9.61. The molecule has 0 fully saturated rings. The highest BCUT2D eigenvalue weighted by Crippen LogP contribution is 2.43. The van der Waals surface area contributed by atoms with Crippen LogP contribution in [0.15, 0.2) is 60.8 Å². The molecule has 3 unspecified atom stereocenters. The number of hydrogen-bond acceptors (Lipinski definition) is 8. The van der Waals surface area contributed by atoms with E-state index in [4.69, 9.17) is 13.8 Å². The summed E-state index contributed by atoms with van der Waals surface area (Å²) >= 11 is 0. The number of nitrogens with one attached hydrogen (secondary N) is 1. The minimum Gasteiger partial charge on any atom is -0.480 e. The number of unbranched alkanes of at least 4 members (excludes halogenated alkanes) is 12. The molecule has 0 aromatic heterocycles. The van der Waals surface area contributed by atoms with Gasteiger partial charge in [0.2, 0.25) is 5.91 Å². The number of aliphatic hydroxyl groups is 1. The van der Waals surface area contributed by atoms with E-state index in [1.807, 2.05) is 0 Å². The molecule has 0 saturated carbocycles. The molecule has 3 atom stereocenters. The molecule has 0 aliphatic carbocycles. The van der Waals surface area contributed by atoms with Gasteiger partial charge in [0.1, 0.15) is 12.7 Å². The van der Waals surface area contributed by atoms with Gasteiger partial charge in [0.05, 0.1) is 13.2 Å². The third kappa shape index (κ3) is 36.0. The first-order chi connectivity index (χ1) is 25.6. The highest BCUT2D eigenvalue weighted by molar-refractivity contribution is 7.47. The van der Waals surface area contributed by atoms with Gasteiger partial charge in [0, 0.05) is 12.8 Å². The van der Waals surface area contributed by atoms with E-state index >= 15 is 0 Å². The van der Waals surface area contributed by atoms with Gasteiger partial charge in [-0.25, -0.2) is 9.36 Å². The summed E-state index contributed by atoms with van der Waals surface area (Å²) in [4.78, 5) is 45.7. The largest absolute Gasteiger partial charge is 0.480 e. The molecule has 0 aromatic carbocycles. The Morgan fingerprint density at radius 2 is 1.09 bits per heavy atom. The summed E-state index contributed by atoms with van der Waals surface area (Å²) in [7, 11) is -4.77. The molecule has 0 radical (unpaired) electrons. The molecule has 53 heavy (non-hydrogen) atoms. The molecule has 4 N–H and O–H groups in total. The van der Waals surface area contributed by atoms with E-state index in [2.05, 4.69) is 79.9 Å². The zero-order valence-electron chi connectivity index (χ0n) is 32.5. The first kappa shape index (κ1) is 50.2. The fourth-order valence-electron chi connectivity index (χ4n) is 4.95. The minimum atomic E-state index is -4.77. The van der Waals surface area contributed by atoms with Gasteiger partial charge >= 0.3 is 19.8 Å². The van der Waals surface area contributed by atoms with E-state index in [0.717, 1.165) is 77.0 Å². The molecule has 0 spiro atoms. The Morgan fingerprint density at radius 1 is 0.623 bits per heavy atom. The second-order valence-electron chi connectivity index (χ2n) is 13.1. The number of ether oxygens (including phenoxy) is 1. The topological polar surface area (TPSA) is 169 Å². The molecule has 1 amide bonds. The van der Waals surface area contributed by atoms with Gasteiger partial charge in [0.25, 0.3) is 0 Å². The van der Waals surface area contributed by atoms with Gasteiger partial charge in [-0.05, 0) is 77.0 Å². The smallest absolute Gasteiger partial charge is 0.472 e. The number of allylic oxidation sites excluding steroid dienone is 10. The molecule has 0 heterocycles. The number of phosphoric ester groups is 1. The molecule has 0 aliphatic heterocycles. The fourth-order valence-corrected chi connectivity index (χ4v) is 5.72. The van der Waals surface area contributed by atoms with E-state index in [1.165, 1.54) is 32.1 Å². The molecular formula is C41H70NO10P. The fraction of sp³-hybridized carbons (Fsp3) is 0.683. The van der Waals surface area contributed by atoms with E-state index in [9.17, 15) is 34.1 Å². The molecular weight excluding hydrogens is 697 g/mol. The maximum atomic E-state index is 12.3. The van der Waals surface area contributed by atoms with E-state index in [0.29, 0.717) is 12.8 Å². The number of phosphoric acid groups is 1. The highest BCUT2D eigenvalue weighted by Gasteiger charge is 2.28.